The zero-order chi connectivity index (χ0) is 5.41. The summed E-state index contributed by atoms with van der Waals surface area (Å²) in [5.74, 6) is 0. The Labute approximate surface area is 70.4 Å². The van der Waals surface area contributed by atoms with Crippen molar-refractivity contribution in [3.05, 3.63) is 0 Å². The first-order valence-electron chi connectivity index (χ1n) is 1.35. The van der Waals surface area contributed by atoms with Gasteiger partial charge in [-0.25, -0.2) is 0 Å². The van der Waals surface area contributed by atoms with Gasteiger partial charge >= 0.3 is 49.0 Å². The Balaban J connectivity index is 0. The van der Waals surface area contributed by atoms with Gasteiger partial charge < -0.3 is 0 Å². The third-order valence-corrected chi connectivity index (χ3v) is 0. The first-order chi connectivity index (χ1) is 2.83. The molecule has 6 heavy (non-hydrogen) atoms. The van der Waals surface area contributed by atoms with E-state index < -0.39 is 0 Å². The third kappa shape index (κ3) is 32.6. The Hall–Kier alpha value is 2.38. The van der Waals surface area contributed by atoms with Crippen molar-refractivity contribution >= 4 is 50.2 Å². The van der Waals surface area contributed by atoms with E-state index in [4.69, 9.17) is 0 Å². The summed E-state index contributed by atoms with van der Waals surface area (Å²) in [6.07, 6.45) is 1.17. The normalized spacial score (nSPS) is 6.67. The van der Waals surface area contributed by atoms with Crippen molar-refractivity contribution in [2.45, 2.75) is 6.92 Å². The van der Waals surface area contributed by atoms with Crippen LogP contribution in [0.25, 0.3) is 0 Å². The van der Waals surface area contributed by atoms with Crippen LogP contribution in [-0.4, -0.2) is 6.16 Å². The maximum absolute atomic E-state index is 2.58. The summed E-state index contributed by atoms with van der Waals surface area (Å²) in [4.78, 5) is 0. The molecule has 0 saturated carbocycles. The topological polar surface area (TPSA) is 0 Å². The van der Waals surface area contributed by atoms with Crippen LogP contribution in [0, 0.1) is 0 Å². The molecule has 0 aliphatic carbocycles. The van der Waals surface area contributed by atoms with Gasteiger partial charge in [0, 0.05) is 0 Å². The molecule has 4 heteroatoms. The Bertz CT molecular complexity index is 13.5. The molecule has 0 radical (unpaired) electrons. The van der Waals surface area contributed by atoms with Gasteiger partial charge in [-0.3, -0.25) is 0 Å². The third-order valence-electron chi connectivity index (χ3n) is 0. The fraction of sp³-hybridized carbons (Fsp3) is 1.00. The Morgan fingerprint density at radius 3 is 1.67 bits per heavy atom. The first kappa shape index (κ1) is 11.2. The zero-order valence-electron chi connectivity index (χ0n) is 3.36. The molecule has 0 aliphatic heterocycles. The molecule has 0 aromatic heterocycles. The van der Waals surface area contributed by atoms with Crippen molar-refractivity contribution in [1.82, 2.24) is 0 Å². The monoisotopic (exact) mass is 374 g/mol. The first-order valence-corrected chi connectivity index (χ1v) is 8.54. The summed E-state index contributed by atoms with van der Waals surface area (Å²) in [6.45, 7) is 2.09. The molecule has 0 spiro atoms. The summed E-state index contributed by atoms with van der Waals surface area (Å²) in [5, 5.41) is 0. The minimum atomic E-state index is 1.17. The van der Waals surface area contributed by atoms with E-state index in [-0.39, 0.29) is 0 Å². The second-order valence-electron chi connectivity index (χ2n) is 0.453. The van der Waals surface area contributed by atoms with Crippen LogP contribution in [-0.2, 0) is 8.07 Å². The molecule has 0 rings (SSSR count). The van der Waals surface area contributed by atoms with E-state index in [2.05, 4.69) is 57.1 Å². The van der Waals surface area contributed by atoms with Crippen LogP contribution in [0.5, 0.6) is 0 Å². The van der Waals surface area contributed by atoms with Gasteiger partial charge in [-0.2, -0.15) is 0 Å². The minimum absolute atomic E-state index is 1.17. The van der Waals surface area contributed by atoms with Crippen molar-refractivity contribution < 1.29 is 8.07 Å². The molecule has 44 valence electrons. The van der Waals surface area contributed by atoms with Gasteiger partial charge in [-0.05, 0) is 6.16 Å². The van der Waals surface area contributed by atoms with Gasteiger partial charge in [0.2, 0.25) is 0 Å². The molecule has 0 amide bonds. The summed E-state index contributed by atoms with van der Waals surface area (Å²) in [5.41, 5.74) is 0. The van der Waals surface area contributed by atoms with Gasteiger partial charge in [-0.1, -0.05) is 6.92 Å². The van der Waals surface area contributed by atoms with E-state index in [9.17, 15) is 0 Å². The summed E-state index contributed by atoms with van der Waals surface area (Å²) in [7, 11) is 4.14. The average molecular weight is 375 g/mol. The maximum atomic E-state index is 2.58. The molecular weight excluding hydrogens is 367 g/mol. The van der Waals surface area contributed by atoms with Crippen molar-refractivity contribution in [3.8, 4) is 0 Å². The van der Waals surface area contributed by atoms with E-state index in [1.807, 2.05) is 0 Å². The van der Waals surface area contributed by atoms with Crippen LogP contribution in [0.15, 0.2) is 0 Å². The summed E-state index contributed by atoms with van der Waals surface area (Å²) in [6, 6.07) is 0. The van der Waals surface area contributed by atoms with Crippen molar-refractivity contribution in [2.75, 3.05) is 6.16 Å². The predicted molar refractivity (Wildman–Crippen MR) is 48.3 cm³/mol. The van der Waals surface area contributed by atoms with Crippen LogP contribution in [0.2, 0.25) is 0 Å². The molecule has 0 N–H and O–H groups in total. The second-order valence-corrected chi connectivity index (χ2v) is 9.61. The van der Waals surface area contributed by atoms with E-state index in [1.165, 1.54) is 6.16 Å². The Morgan fingerprint density at radius 1 is 1.67 bits per heavy atom. The number of halogens is 2. The number of hydrogen-bond acceptors (Lipinski definition) is 0. The molecule has 0 bridgehead atoms. The van der Waals surface area contributed by atoms with E-state index >= 15 is 0 Å². The van der Waals surface area contributed by atoms with Gasteiger partial charge in [0.1, 0.15) is 0 Å². The molecule has 0 saturated heterocycles. The van der Waals surface area contributed by atoms with Gasteiger partial charge in [-0.15, -0.1) is 9.24 Å². The molecule has 0 aromatic rings. The second kappa shape index (κ2) is 15.7. The van der Waals surface area contributed by atoms with Crippen molar-refractivity contribution in [3.63, 3.8) is 0 Å². The van der Waals surface area contributed by atoms with Crippen molar-refractivity contribution in [2.24, 2.45) is 0 Å². The zero-order valence-corrected chi connectivity index (χ0v) is 9.81. The van der Waals surface area contributed by atoms with Gasteiger partial charge in [0.25, 0.3) is 0 Å². The molecule has 0 heterocycles. The SMILES string of the molecule is CCP.[I][Ni][I]. The van der Waals surface area contributed by atoms with Crippen LogP contribution in [0.4, 0.5) is 0 Å². The molecule has 0 aromatic carbocycles. The fourth-order valence-corrected chi connectivity index (χ4v) is 0. The van der Waals surface area contributed by atoms with E-state index in [0.717, 1.165) is 0 Å². The molecule has 1 unspecified atom stereocenters. The fourth-order valence-electron chi connectivity index (χ4n) is 0. The van der Waals surface area contributed by atoms with E-state index in [0.29, 0.717) is 0 Å². The molecule has 0 nitrogen and oxygen atoms in total. The summed E-state index contributed by atoms with van der Waals surface area (Å²) < 4.78 is 0. The summed E-state index contributed by atoms with van der Waals surface area (Å²) >= 11 is 4.43. The van der Waals surface area contributed by atoms with Crippen LogP contribution in [0.3, 0.4) is 0 Å². The standard InChI is InChI=1S/C2H7P.2HI.Ni/c1-2-3;;;/h2-3H2,1H3;2*1H;/q;;;+2/p-2. The quantitative estimate of drug-likeness (QED) is 0.347. The predicted octanol–water partition coefficient (Wildman–Crippen LogP) is 2.65. The van der Waals surface area contributed by atoms with E-state index in [1.54, 1.807) is 8.07 Å². The van der Waals surface area contributed by atoms with Crippen LogP contribution < -0.4 is 0 Å². The average Bonchev–Trinajstić information content (AvgIpc) is 1.39. The molecular formula is C2H7I2NiP. The Morgan fingerprint density at radius 2 is 1.67 bits per heavy atom. The molecule has 0 aliphatic rings. The Kier molecular flexibility index (Phi) is 29.3. The van der Waals surface area contributed by atoms with Crippen molar-refractivity contribution in [1.29, 1.82) is 0 Å². The van der Waals surface area contributed by atoms with Gasteiger partial charge in [0.05, 0.1) is 0 Å². The van der Waals surface area contributed by atoms with Gasteiger partial charge in [0.15, 0.2) is 0 Å². The molecule has 1 atom stereocenters. The number of rotatable bonds is 0. The molecule has 0 fully saturated rings. The van der Waals surface area contributed by atoms with Crippen LogP contribution >= 0.6 is 50.2 Å². The number of hydrogen-bond donors (Lipinski definition) is 0. The van der Waals surface area contributed by atoms with Crippen LogP contribution in [0.1, 0.15) is 6.92 Å².